The van der Waals surface area contributed by atoms with Crippen LogP contribution in [0.15, 0.2) is 29.3 Å². The normalized spacial score (nSPS) is 22.5. The van der Waals surface area contributed by atoms with E-state index in [-0.39, 0.29) is 17.9 Å². The van der Waals surface area contributed by atoms with Crippen LogP contribution in [0.25, 0.3) is 0 Å². The van der Waals surface area contributed by atoms with Crippen LogP contribution in [0.5, 0.6) is 0 Å². The summed E-state index contributed by atoms with van der Waals surface area (Å²) in [6.45, 7) is 6.43. The third-order valence-corrected chi connectivity index (χ3v) is 4.94. The third-order valence-electron chi connectivity index (χ3n) is 4.94. The first kappa shape index (κ1) is 18.3. The molecule has 1 amide bonds. The van der Waals surface area contributed by atoms with Gasteiger partial charge in [-0.25, -0.2) is 4.99 Å². The summed E-state index contributed by atoms with van der Waals surface area (Å²) in [6.07, 6.45) is 7.61. The van der Waals surface area contributed by atoms with E-state index >= 15 is 0 Å². The number of benzene rings is 1. The predicted octanol–water partition coefficient (Wildman–Crippen LogP) is 1.68. The number of carbonyl (C=O) groups is 1. The molecule has 0 saturated carbocycles. The summed E-state index contributed by atoms with van der Waals surface area (Å²) in [5.74, 6) is 3.20. The zero-order valence-corrected chi connectivity index (χ0v) is 15.3. The first-order chi connectivity index (χ1) is 12.6. The highest BCUT2D eigenvalue weighted by molar-refractivity contribution is 5.94. The van der Waals surface area contributed by atoms with Gasteiger partial charge in [0, 0.05) is 42.9 Å². The number of nitrogens with zero attached hydrogens (tertiary/aromatic N) is 2. The lowest BCUT2D eigenvalue weighted by molar-refractivity contribution is -0.114. The Hall–Kier alpha value is -2.52. The lowest BCUT2D eigenvalue weighted by Gasteiger charge is -2.24. The number of likely N-dealkylation sites (tertiary alicyclic amines) is 1. The Morgan fingerprint density at radius 2 is 2.35 bits per heavy atom. The average Bonchev–Trinajstić information content (AvgIpc) is 3.29. The molecule has 1 aromatic rings. The van der Waals surface area contributed by atoms with E-state index in [1.165, 1.54) is 0 Å². The summed E-state index contributed by atoms with van der Waals surface area (Å²) in [6, 6.07) is 7.24. The molecule has 138 valence electrons. The Balaban J connectivity index is 1.60. The number of hydrogen-bond donors (Lipinski definition) is 2. The quantitative estimate of drug-likeness (QED) is 0.491. The number of ether oxygens (including phenoxy) is 1. The Morgan fingerprint density at radius 3 is 3.08 bits per heavy atom. The Kier molecular flexibility index (Phi) is 5.79. The van der Waals surface area contributed by atoms with Crippen LogP contribution in [0, 0.1) is 17.8 Å². The predicted molar refractivity (Wildman–Crippen MR) is 103 cm³/mol. The molecule has 0 radical (unpaired) electrons. The van der Waals surface area contributed by atoms with Crippen molar-refractivity contribution in [2.24, 2.45) is 10.4 Å². The molecule has 1 spiro atoms. The molecule has 3 rings (SSSR count). The first-order valence-electron chi connectivity index (χ1n) is 9.12. The second-order valence-corrected chi connectivity index (χ2v) is 6.92. The molecule has 0 aromatic heterocycles. The minimum atomic E-state index is -0.160. The SMILES string of the molecule is C#Cc1cccc(NC(=O)CN=C(NCC)N2CCC3(CCOC3)C2)c1. The van der Waals surface area contributed by atoms with Crippen LogP contribution in [-0.4, -0.2) is 56.2 Å². The fraction of sp³-hybridized carbons (Fsp3) is 0.500. The summed E-state index contributed by atoms with van der Waals surface area (Å²) in [7, 11) is 0. The minimum Gasteiger partial charge on any atom is -0.381 e. The number of guanidine groups is 1. The van der Waals surface area contributed by atoms with Gasteiger partial charge in [-0.15, -0.1) is 6.42 Å². The van der Waals surface area contributed by atoms with Crippen molar-refractivity contribution in [2.75, 3.05) is 44.7 Å². The molecular formula is C20H26N4O2. The van der Waals surface area contributed by atoms with Gasteiger partial charge in [0.1, 0.15) is 6.54 Å². The maximum Gasteiger partial charge on any atom is 0.246 e. The molecule has 6 heteroatoms. The van der Waals surface area contributed by atoms with Crippen molar-refractivity contribution in [1.29, 1.82) is 0 Å². The van der Waals surface area contributed by atoms with E-state index in [9.17, 15) is 4.79 Å². The molecule has 1 unspecified atom stereocenters. The molecule has 1 aromatic carbocycles. The zero-order chi connectivity index (χ0) is 18.4. The van der Waals surface area contributed by atoms with Crippen molar-refractivity contribution >= 4 is 17.6 Å². The number of rotatable bonds is 4. The number of aliphatic imine (C=N–C) groups is 1. The molecule has 2 aliphatic rings. The third kappa shape index (κ3) is 4.36. The topological polar surface area (TPSA) is 66.0 Å². The summed E-state index contributed by atoms with van der Waals surface area (Å²) in [5, 5.41) is 6.14. The molecule has 2 saturated heterocycles. The lowest BCUT2D eigenvalue weighted by atomic mass is 9.87. The van der Waals surface area contributed by atoms with Crippen LogP contribution < -0.4 is 10.6 Å². The van der Waals surface area contributed by atoms with Crippen LogP contribution in [0.1, 0.15) is 25.3 Å². The molecule has 1 atom stereocenters. The number of hydrogen-bond acceptors (Lipinski definition) is 3. The number of amides is 1. The number of terminal acetylenes is 1. The zero-order valence-electron chi connectivity index (χ0n) is 15.3. The second-order valence-electron chi connectivity index (χ2n) is 6.92. The van der Waals surface area contributed by atoms with Gasteiger partial charge in [-0.1, -0.05) is 12.0 Å². The molecule has 0 aliphatic carbocycles. The maximum atomic E-state index is 12.2. The number of nitrogens with one attached hydrogen (secondary N) is 2. The monoisotopic (exact) mass is 354 g/mol. The van der Waals surface area contributed by atoms with Gasteiger partial charge < -0.3 is 20.3 Å². The fourth-order valence-corrected chi connectivity index (χ4v) is 3.55. The molecule has 2 fully saturated rings. The second kappa shape index (κ2) is 8.24. The maximum absolute atomic E-state index is 12.2. The summed E-state index contributed by atoms with van der Waals surface area (Å²) >= 11 is 0. The molecule has 2 aliphatic heterocycles. The molecule has 2 N–H and O–H groups in total. The fourth-order valence-electron chi connectivity index (χ4n) is 3.55. The molecular weight excluding hydrogens is 328 g/mol. The van der Waals surface area contributed by atoms with Gasteiger partial charge in [0.15, 0.2) is 5.96 Å². The van der Waals surface area contributed by atoms with Gasteiger partial charge in [-0.2, -0.15) is 0 Å². The Morgan fingerprint density at radius 1 is 1.46 bits per heavy atom. The molecule has 6 nitrogen and oxygen atoms in total. The van der Waals surface area contributed by atoms with Gasteiger partial charge in [0.05, 0.1) is 6.61 Å². The van der Waals surface area contributed by atoms with E-state index < -0.39 is 0 Å². The van der Waals surface area contributed by atoms with Crippen molar-refractivity contribution in [3.8, 4) is 12.3 Å². The molecule has 2 heterocycles. The van der Waals surface area contributed by atoms with Crippen molar-refractivity contribution in [3.05, 3.63) is 29.8 Å². The largest absolute Gasteiger partial charge is 0.381 e. The van der Waals surface area contributed by atoms with E-state index in [0.717, 1.165) is 57.2 Å². The van der Waals surface area contributed by atoms with E-state index in [2.05, 4.69) is 26.4 Å². The highest BCUT2D eigenvalue weighted by Gasteiger charge is 2.42. The lowest BCUT2D eigenvalue weighted by Crippen LogP contribution is -2.42. The van der Waals surface area contributed by atoms with Crippen molar-refractivity contribution in [1.82, 2.24) is 10.2 Å². The van der Waals surface area contributed by atoms with Gasteiger partial charge in [-0.3, -0.25) is 4.79 Å². The smallest absolute Gasteiger partial charge is 0.246 e. The van der Waals surface area contributed by atoms with Crippen LogP contribution in [0.4, 0.5) is 5.69 Å². The van der Waals surface area contributed by atoms with Crippen molar-refractivity contribution in [3.63, 3.8) is 0 Å². The highest BCUT2D eigenvalue weighted by Crippen LogP contribution is 2.38. The van der Waals surface area contributed by atoms with E-state index in [0.29, 0.717) is 5.69 Å². The minimum absolute atomic E-state index is 0.0720. The summed E-state index contributed by atoms with van der Waals surface area (Å²) < 4.78 is 5.59. The van der Waals surface area contributed by atoms with Crippen LogP contribution in [0.3, 0.4) is 0 Å². The van der Waals surface area contributed by atoms with Crippen LogP contribution in [0.2, 0.25) is 0 Å². The Labute approximate surface area is 155 Å². The summed E-state index contributed by atoms with van der Waals surface area (Å²) in [4.78, 5) is 19.0. The number of anilines is 1. The average molecular weight is 354 g/mol. The Bertz CT molecular complexity index is 717. The first-order valence-corrected chi connectivity index (χ1v) is 9.12. The van der Waals surface area contributed by atoms with Gasteiger partial charge in [0.2, 0.25) is 5.91 Å². The van der Waals surface area contributed by atoms with E-state index in [4.69, 9.17) is 11.2 Å². The molecule has 26 heavy (non-hydrogen) atoms. The van der Waals surface area contributed by atoms with E-state index in [1.807, 2.05) is 25.1 Å². The van der Waals surface area contributed by atoms with Crippen LogP contribution >= 0.6 is 0 Å². The van der Waals surface area contributed by atoms with Crippen molar-refractivity contribution in [2.45, 2.75) is 19.8 Å². The standard InChI is InChI=1S/C20H26N4O2/c1-3-16-6-5-7-17(12-16)23-18(25)13-22-19(21-4-2)24-10-8-20(14-24)9-11-26-15-20/h1,5-7,12H,4,8-11,13-15H2,2H3,(H,21,22)(H,23,25). The van der Waals surface area contributed by atoms with Gasteiger partial charge >= 0.3 is 0 Å². The summed E-state index contributed by atoms with van der Waals surface area (Å²) in [5.41, 5.74) is 1.68. The highest BCUT2D eigenvalue weighted by atomic mass is 16.5. The molecule has 0 bridgehead atoms. The van der Waals surface area contributed by atoms with Crippen molar-refractivity contribution < 1.29 is 9.53 Å². The number of carbonyl (C=O) groups excluding carboxylic acids is 1. The van der Waals surface area contributed by atoms with Crippen LogP contribution in [-0.2, 0) is 9.53 Å². The van der Waals surface area contributed by atoms with Gasteiger partial charge in [0.25, 0.3) is 0 Å². The van der Waals surface area contributed by atoms with E-state index in [1.54, 1.807) is 6.07 Å². The van der Waals surface area contributed by atoms with Gasteiger partial charge in [-0.05, 0) is 38.0 Å².